The number of hydrogen-bond acceptors (Lipinski definition) is 2. The highest BCUT2D eigenvalue weighted by molar-refractivity contribution is 5.72. The molecule has 0 aliphatic carbocycles. The summed E-state index contributed by atoms with van der Waals surface area (Å²) in [6, 6.07) is 0. The lowest BCUT2D eigenvalue weighted by Crippen LogP contribution is -2.14. The summed E-state index contributed by atoms with van der Waals surface area (Å²) in [5.41, 5.74) is 0. The van der Waals surface area contributed by atoms with E-state index in [9.17, 15) is 4.79 Å². The first-order valence-electron chi connectivity index (χ1n) is 5.47. The van der Waals surface area contributed by atoms with Crippen molar-refractivity contribution in [2.24, 2.45) is 5.92 Å². The number of rotatable bonds is 5. The molecule has 1 saturated heterocycles. The standard InChI is InChI=1S/C11H20O2/c1-3-5-6-7-9-8-11(12)13-10(9)4-2/h9-10H,3-8H2,1-2H3/t9-,10+/m1/s1. The van der Waals surface area contributed by atoms with E-state index in [0.717, 1.165) is 12.8 Å². The summed E-state index contributed by atoms with van der Waals surface area (Å²) in [5.74, 6) is 0.511. The van der Waals surface area contributed by atoms with Crippen LogP contribution in [0.25, 0.3) is 0 Å². The van der Waals surface area contributed by atoms with Gasteiger partial charge in [-0.15, -0.1) is 0 Å². The molecular formula is C11H20O2. The van der Waals surface area contributed by atoms with E-state index >= 15 is 0 Å². The average Bonchev–Trinajstić information content (AvgIpc) is 2.47. The largest absolute Gasteiger partial charge is 0.462 e. The number of carbonyl (C=O) groups excluding carboxylic acids is 1. The van der Waals surface area contributed by atoms with Gasteiger partial charge in [-0.1, -0.05) is 33.1 Å². The van der Waals surface area contributed by atoms with Crippen LogP contribution >= 0.6 is 0 Å². The van der Waals surface area contributed by atoms with Gasteiger partial charge in [0.15, 0.2) is 0 Å². The highest BCUT2D eigenvalue weighted by atomic mass is 16.5. The van der Waals surface area contributed by atoms with Crippen molar-refractivity contribution in [3.8, 4) is 0 Å². The third kappa shape index (κ3) is 3.02. The molecule has 0 radical (unpaired) electrons. The molecule has 0 unspecified atom stereocenters. The van der Waals surface area contributed by atoms with E-state index < -0.39 is 0 Å². The number of carbonyl (C=O) groups is 1. The van der Waals surface area contributed by atoms with Gasteiger partial charge < -0.3 is 4.74 Å². The maximum Gasteiger partial charge on any atom is 0.306 e. The predicted octanol–water partition coefficient (Wildman–Crippen LogP) is 2.91. The van der Waals surface area contributed by atoms with Crippen molar-refractivity contribution in [1.82, 2.24) is 0 Å². The van der Waals surface area contributed by atoms with E-state index in [-0.39, 0.29) is 12.1 Å². The number of ether oxygens (including phenoxy) is 1. The maximum atomic E-state index is 11.0. The number of unbranched alkanes of at least 4 members (excludes halogenated alkanes) is 2. The van der Waals surface area contributed by atoms with Gasteiger partial charge in [0, 0.05) is 5.92 Å². The van der Waals surface area contributed by atoms with Crippen molar-refractivity contribution in [3.05, 3.63) is 0 Å². The minimum Gasteiger partial charge on any atom is -0.462 e. The summed E-state index contributed by atoms with van der Waals surface area (Å²) in [7, 11) is 0. The molecule has 1 fully saturated rings. The Morgan fingerprint density at radius 2 is 2.15 bits per heavy atom. The lowest BCUT2D eigenvalue weighted by molar-refractivity contribution is -0.141. The summed E-state index contributed by atoms with van der Waals surface area (Å²) in [5, 5.41) is 0. The summed E-state index contributed by atoms with van der Waals surface area (Å²) >= 11 is 0. The molecule has 2 atom stereocenters. The first-order chi connectivity index (χ1) is 6.27. The van der Waals surface area contributed by atoms with E-state index in [1.165, 1.54) is 19.3 Å². The van der Waals surface area contributed by atoms with Gasteiger partial charge in [0.05, 0.1) is 6.42 Å². The third-order valence-corrected chi connectivity index (χ3v) is 2.82. The van der Waals surface area contributed by atoms with E-state index in [1.807, 2.05) is 0 Å². The minimum absolute atomic E-state index is 0.00773. The van der Waals surface area contributed by atoms with Crippen LogP contribution in [0.2, 0.25) is 0 Å². The SMILES string of the molecule is CCCCC[C@@H]1CC(=O)O[C@H]1CC. The Kier molecular flexibility index (Phi) is 4.26. The molecule has 0 aromatic heterocycles. The van der Waals surface area contributed by atoms with Crippen LogP contribution in [-0.4, -0.2) is 12.1 Å². The molecule has 1 heterocycles. The summed E-state index contributed by atoms with van der Waals surface area (Å²) in [6.07, 6.45) is 6.78. The van der Waals surface area contributed by atoms with E-state index in [0.29, 0.717) is 12.3 Å². The number of esters is 1. The molecule has 0 spiro atoms. The van der Waals surface area contributed by atoms with Gasteiger partial charge in [0.25, 0.3) is 0 Å². The van der Waals surface area contributed by atoms with Crippen molar-refractivity contribution in [2.75, 3.05) is 0 Å². The van der Waals surface area contributed by atoms with Crippen LogP contribution in [0.4, 0.5) is 0 Å². The Hall–Kier alpha value is -0.530. The lowest BCUT2D eigenvalue weighted by atomic mass is 9.93. The fraction of sp³-hybridized carbons (Fsp3) is 0.909. The topological polar surface area (TPSA) is 26.3 Å². The predicted molar refractivity (Wildman–Crippen MR) is 52.4 cm³/mol. The van der Waals surface area contributed by atoms with Crippen molar-refractivity contribution in [2.45, 2.75) is 58.5 Å². The highest BCUT2D eigenvalue weighted by Crippen LogP contribution is 2.28. The molecule has 2 heteroatoms. The van der Waals surface area contributed by atoms with Crippen LogP contribution in [0.5, 0.6) is 0 Å². The van der Waals surface area contributed by atoms with E-state index in [4.69, 9.17) is 4.74 Å². The normalized spacial score (nSPS) is 27.7. The van der Waals surface area contributed by atoms with Crippen LogP contribution in [-0.2, 0) is 9.53 Å². The second-order valence-electron chi connectivity index (χ2n) is 3.90. The zero-order valence-corrected chi connectivity index (χ0v) is 8.71. The molecule has 0 aromatic carbocycles. The Morgan fingerprint density at radius 1 is 1.38 bits per heavy atom. The molecule has 0 amide bonds. The Bertz CT molecular complexity index is 165. The molecule has 1 rings (SSSR count). The summed E-state index contributed by atoms with van der Waals surface area (Å²) in [4.78, 5) is 11.0. The minimum atomic E-state index is 0.00773. The van der Waals surface area contributed by atoms with Gasteiger partial charge in [-0.25, -0.2) is 0 Å². The molecule has 13 heavy (non-hydrogen) atoms. The fourth-order valence-electron chi connectivity index (χ4n) is 2.02. The second-order valence-corrected chi connectivity index (χ2v) is 3.90. The molecule has 0 saturated carbocycles. The van der Waals surface area contributed by atoms with E-state index in [2.05, 4.69) is 13.8 Å². The lowest BCUT2D eigenvalue weighted by Gasteiger charge is -2.14. The van der Waals surface area contributed by atoms with Gasteiger partial charge in [-0.05, 0) is 12.8 Å². The number of cyclic esters (lactones) is 1. The quantitative estimate of drug-likeness (QED) is 0.485. The molecule has 0 aromatic rings. The van der Waals surface area contributed by atoms with Gasteiger partial charge in [0.1, 0.15) is 6.10 Å². The molecule has 2 nitrogen and oxygen atoms in total. The zero-order chi connectivity index (χ0) is 9.68. The highest BCUT2D eigenvalue weighted by Gasteiger charge is 2.32. The fourth-order valence-corrected chi connectivity index (χ4v) is 2.02. The zero-order valence-electron chi connectivity index (χ0n) is 8.71. The van der Waals surface area contributed by atoms with Gasteiger partial charge in [-0.2, -0.15) is 0 Å². The van der Waals surface area contributed by atoms with Crippen LogP contribution in [0.1, 0.15) is 52.4 Å². The van der Waals surface area contributed by atoms with Crippen molar-refractivity contribution >= 4 is 5.97 Å². The molecule has 1 aliphatic rings. The first-order valence-corrected chi connectivity index (χ1v) is 5.47. The van der Waals surface area contributed by atoms with Crippen molar-refractivity contribution in [1.29, 1.82) is 0 Å². The number of hydrogen-bond donors (Lipinski definition) is 0. The molecule has 1 aliphatic heterocycles. The van der Waals surface area contributed by atoms with Gasteiger partial charge >= 0.3 is 5.97 Å². The Labute approximate surface area is 80.7 Å². The monoisotopic (exact) mass is 184 g/mol. The molecule has 76 valence electrons. The van der Waals surface area contributed by atoms with Crippen LogP contribution in [0.15, 0.2) is 0 Å². The Morgan fingerprint density at radius 3 is 2.77 bits per heavy atom. The molecular weight excluding hydrogens is 164 g/mol. The Balaban J connectivity index is 2.27. The summed E-state index contributed by atoms with van der Waals surface area (Å²) < 4.78 is 5.21. The molecule has 0 N–H and O–H groups in total. The van der Waals surface area contributed by atoms with Gasteiger partial charge in [-0.3, -0.25) is 4.79 Å². The van der Waals surface area contributed by atoms with Crippen molar-refractivity contribution < 1.29 is 9.53 Å². The van der Waals surface area contributed by atoms with Crippen LogP contribution < -0.4 is 0 Å². The maximum absolute atomic E-state index is 11.0. The van der Waals surface area contributed by atoms with E-state index in [1.54, 1.807) is 0 Å². The van der Waals surface area contributed by atoms with Crippen LogP contribution in [0.3, 0.4) is 0 Å². The third-order valence-electron chi connectivity index (χ3n) is 2.82. The van der Waals surface area contributed by atoms with Gasteiger partial charge in [0.2, 0.25) is 0 Å². The van der Waals surface area contributed by atoms with Crippen LogP contribution in [0, 0.1) is 5.92 Å². The smallest absolute Gasteiger partial charge is 0.306 e. The first kappa shape index (κ1) is 10.6. The summed E-state index contributed by atoms with van der Waals surface area (Å²) in [6.45, 7) is 4.30. The average molecular weight is 184 g/mol. The van der Waals surface area contributed by atoms with Crippen molar-refractivity contribution in [3.63, 3.8) is 0 Å². The second kappa shape index (κ2) is 5.25. The molecule has 0 bridgehead atoms.